The molecular weight excluding hydrogens is 308 g/mol. The minimum absolute atomic E-state index is 0.0776. The standard InChI is InChI=1S/C18H20N2O4/c1-4-9-24-16-10-11(2)5-7-14(16)20-17(21)15-8-6-13(18(22)23)12(3)19-15/h5-8,10H,4,9H2,1-3H3,(H,20,21)(H,22,23). The first kappa shape index (κ1) is 17.5. The second-order valence-corrected chi connectivity index (χ2v) is 5.44. The molecule has 0 aliphatic rings. The van der Waals surface area contributed by atoms with Crippen LogP contribution in [0.25, 0.3) is 0 Å². The van der Waals surface area contributed by atoms with Crippen molar-refractivity contribution in [2.45, 2.75) is 27.2 Å². The average Bonchev–Trinajstić information content (AvgIpc) is 2.54. The van der Waals surface area contributed by atoms with Gasteiger partial charge in [0.25, 0.3) is 5.91 Å². The van der Waals surface area contributed by atoms with Crippen molar-refractivity contribution < 1.29 is 19.4 Å². The molecule has 1 aromatic heterocycles. The van der Waals surface area contributed by atoms with E-state index in [0.29, 0.717) is 23.7 Å². The van der Waals surface area contributed by atoms with E-state index in [2.05, 4.69) is 10.3 Å². The first-order valence-electron chi connectivity index (χ1n) is 7.68. The van der Waals surface area contributed by atoms with Crippen LogP contribution >= 0.6 is 0 Å². The summed E-state index contributed by atoms with van der Waals surface area (Å²) in [6, 6.07) is 8.28. The van der Waals surface area contributed by atoms with Gasteiger partial charge in [0.15, 0.2) is 0 Å². The number of amides is 1. The lowest BCUT2D eigenvalue weighted by atomic mass is 10.1. The van der Waals surface area contributed by atoms with Gasteiger partial charge in [0.1, 0.15) is 11.4 Å². The van der Waals surface area contributed by atoms with Gasteiger partial charge in [-0.25, -0.2) is 9.78 Å². The fraction of sp³-hybridized carbons (Fsp3) is 0.278. The molecule has 2 aromatic rings. The van der Waals surface area contributed by atoms with Crippen molar-refractivity contribution >= 4 is 17.6 Å². The van der Waals surface area contributed by atoms with Gasteiger partial charge in [-0.3, -0.25) is 4.79 Å². The third kappa shape index (κ3) is 4.10. The number of ether oxygens (including phenoxy) is 1. The summed E-state index contributed by atoms with van der Waals surface area (Å²) in [7, 11) is 0. The van der Waals surface area contributed by atoms with E-state index in [-0.39, 0.29) is 11.3 Å². The van der Waals surface area contributed by atoms with E-state index in [1.807, 2.05) is 26.0 Å². The Morgan fingerprint density at radius 3 is 2.58 bits per heavy atom. The molecule has 1 amide bonds. The topological polar surface area (TPSA) is 88.5 Å². The van der Waals surface area contributed by atoms with E-state index in [4.69, 9.17) is 9.84 Å². The number of carbonyl (C=O) groups is 2. The molecule has 0 spiro atoms. The molecule has 126 valence electrons. The summed E-state index contributed by atoms with van der Waals surface area (Å²) in [6.07, 6.45) is 0.860. The summed E-state index contributed by atoms with van der Waals surface area (Å²) in [5.41, 5.74) is 2.11. The maximum atomic E-state index is 12.4. The van der Waals surface area contributed by atoms with Crippen LogP contribution in [-0.2, 0) is 0 Å². The molecule has 0 aliphatic carbocycles. The predicted octanol–water partition coefficient (Wildman–Crippen LogP) is 3.44. The number of anilines is 1. The average molecular weight is 328 g/mol. The Balaban J connectivity index is 2.23. The molecule has 0 radical (unpaired) electrons. The largest absolute Gasteiger partial charge is 0.491 e. The number of carbonyl (C=O) groups excluding carboxylic acids is 1. The maximum Gasteiger partial charge on any atom is 0.337 e. The second kappa shape index (κ2) is 7.59. The number of hydrogen-bond donors (Lipinski definition) is 2. The smallest absolute Gasteiger partial charge is 0.337 e. The zero-order valence-electron chi connectivity index (χ0n) is 13.9. The van der Waals surface area contributed by atoms with Crippen molar-refractivity contribution in [3.8, 4) is 5.75 Å². The number of carboxylic acid groups (broad SMARTS) is 1. The molecule has 0 unspecified atom stereocenters. The lowest BCUT2D eigenvalue weighted by Gasteiger charge is -2.13. The molecule has 2 rings (SSSR count). The fourth-order valence-electron chi connectivity index (χ4n) is 2.16. The van der Waals surface area contributed by atoms with Gasteiger partial charge in [-0.05, 0) is 50.1 Å². The van der Waals surface area contributed by atoms with E-state index in [0.717, 1.165) is 12.0 Å². The van der Waals surface area contributed by atoms with Crippen LogP contribution in [0.15, 0.2) is 30.3 Å². The first-order chi connectivity index (χ1) is 11.4. The van der Waals surface area contributed by atoms with Crippen LogP contribution in [-0.4, -0.2) is 28.6 Å². The highest BCUT2D eigenvalue weighted by molar-refractivity contribution is 6.04. The number of carboxylic acids is 1. The Kier molecular flexibility index (Phi) is 5.52. The third-order valence-electron chi connectivity index (χ3n) is 3.40. The van der Waals surface area contributed by atoms with Gasteiger partial charge in [-0.2, -0.15) is 0 Å². The van der Waals surface area contributed by atoms with Crippen molar-refractivity contribution in [3.05, 3.63) is 52.8 Å². The monoisotopic (exact) mass is 328 g/mol. The van der Waals surface area contributed by atoms with Crippen molar-refractivity contribution in [2.24, 2.45) is 0 Å². The van der Waals surface area contributed by atoms with E-state index in [9.17, 15) is 9.59 Å². The van der Waals surface area contributed by atoms with Crippen LogP contribution in [0.1, 0.15) is 45.4 Å². The van der Waals surface area contributed by atoms with E-state index >= 15 is 0 Å². The minimum atomic E-state index is -1.07. The Morgan fingerprint density at radius 1 is 1.21 bits per heavy atom. The summed E-state index contributed by atoms with van der Waals surface area (Å²) in [5, 5.41) is 11.8. The van der Waals surface area contributed by atoms with Crippen LogP contribution in [0, 0.1) is 13.8 Å². The van der Waals surface area contributed by atoms with Gasteiger partial charge in [-0.1, -0.05) is 13.0 Å². The summed E-state index contributed by atoms with van der Waals surface area (Å²) in [5.74, 6) is -0.884. The summed E-state index contributed by atoms with van der Waals surface area (Å²) < 4.78 is 5.67. The van der Waals surface area contributed by atoms with Crippen molar-refractivity contribution in [2.75, 3.05) is 11.9 Å². The highest BCUT2D eigenvalue weighted by Gasteiger charge is 2.15. The zero-order chi connectivity index (χ0) is 17.7. The van der Waals surface area contributed by atoms with Gasteiger partial charge in [0.2, 0.25) is 0 Å². The number of aromatic nitrogens is 1. The van der Waals surface area contributed by atoms with Crippen molar-refractivity contribution in [1.82, 2.24) is 4.98 Å². The predicted molar refractivity (Wildman–Crippen MR) is 90.9 cm³/mol. The van der Waals surface area contributed by atoms with Crippen LogP contribution in [0.5, 0.6) is 5.75 Å². The zero-order valence-corrected chi connectivity index (χ0v) is 13.9. The van der Waals surface area contributed by atoms with Crippen LogP contribution in [0.2, 0.25) is 0 Å². The number of rotatable bonds is 6. The molecule has 1 heterocycles. The van der Waals surface area contributed by atoms with Crippen molar-refractivity contribution in [1.29, 1.82) is 0 Å². The third-order valence-corrected chi connectivity index (χ3v) is 3.40. The lowest BCUT2D eigenvalue weighted by molar-refractivity contribution is 0.0695. The molecule has 0 saturated heterocycles. The normalized spacial score (nSPS) is 10.3. The molecule has 0 fully saturated rings. The van der Waals surface area contributed by atoms with Crippen molar-refractivity contribution in [3.63, 3.8) is 0 Å². The van der Waals surface area contributed by atoms with Gasteiger partial charge < -0.3 is 15.2 Å². The molecule has 1 aromatic carbocycles. The fourth-order valence-corrected chi connectivity index (χ4v) is 2.16. The summed E-state index contributed by atoms with van der Waals surface area (Å²) in [4.78, 5) is 27.5. The van der Waals surface area contributed by atoms with E-state index in [1.165, 1.54) is 12.1 Å². The molecule has 6 heteroatoms. The Hall–Kier alpha value is -2.89. The molecule has 0 atom stereocenters. The van der Waals surface area contributed by atoms with E-state index in [1.54, 1.807) is 13.0 Å². The Labute approximate surface area is 140 Å². The second-order valence-electron chi connectivity index (χ2n) is 5.44. The molecule has 6 nitrogen and oxygen atoms in total. The van der Waals surface area contributed by atoms with Gasteiger partial charge >= 0.3 is 5.97 Å². The van der Waals surface area contributed by atoms with Gasteiger partial charge in [0, 0.05) is 0 Å². The molecule has 0 bridgehead atoms. The van der Waals surface area contributed by atoms with Gasteiger partial charge in [0.05, 0.1) is 23.6 Å². The number of aryl methyl sites for hydroxylation is 2. The SMILES string of the molecule is CCCOc1cc(C)ccc1NC(=O)c1ccc(C(=O)O)c(C)n1. The molecular formula is C18H20N2O4. The highest BCUT2D eigenvalue weighted by Crippen LogP contribution is 2.26. The molecule has 24 heavy (non-hydrogen) atoms. The summed E-state index contributed by atoms with van der Waals surface area (Å²) in [6.45, 7) is 6.06. The maximum absolute atomic E-state index is 12.4. The number of nitrogens with one attached hydrogen (secondary N) is 1. The van der Waals surface area contributed by atoms with Crippen LogP contribution in [0.3, 0.4) is 0 Å². The minimum Gasteiger partial charge on any atom is -0.491 e. The first-order valence-corrected chi connectivity index (χ1v) is 7.68. The number of hydrogen-bond acceptors (Lipinski definition) is 4. The highest BCUT2D eigenvalue weighted by atomic mass is 16.5. The number of pyridine rings is 1. The summed E-state index contributed by atoms with van der Waals surface area (Å²) >= 11 is 0. The van der Waals surface area contributed by atoms with E-state index < -0.39 is 11.9 Å². The Bertz CT molecular complexity index is 772. The van der Waals surface area contributed by atoms with Crippen LogP contribution in [0.4, 0.5) is 5.69 Å². The molecule has 0 aliphatic heterocycles. The molecule has 0 saturated carbocycles. The Morgan fingerprint density at radius 2 is 1.96 bits per heavy atom. The number of nitrogens with zero attached hydrogens (tertiary/aromatic N) is 1. The lowest BCUT2D eigenvalue weighted by Crippen LogP contribution is -2.16. The van der Waals surface area contributed by atoms with Crippen LogP contribution < -0.4 is 10.1 Å². The quantitative estimate of drug-likeness (QED) is 0.848. The van der Waals surface area contributed by atoms with Gasteiger partial charge in [-0.15, -0.1) is 0 Å². The molecule has 2 N–H and O–H groups in total. The number of aromatic carboxylic acids is 1. The number of benzene rings is 1.